The van der Waals surface area contributed by atoms with Crippen LogP contribution in [-0.2, 0) is 0 Å². The number of carbonyl (C=O) groups is 1. The van der Waals surface area contributed by atoms with Gasteiger partial charge in [-0.25, -0.2) is 0 Å². The molecule has 1 N–H and O–H groups in total. The lowest BCUT2D eigenvalue weighted by molar-refractivity contribution is 0.0947. The number of benzene rings is 2. The standard InChI is InChI=1S/C21H27N3O/c1-23(2)20-9-5-7-18(13-20)17-6-4-8-19(12-17)21(25)22-14-16-10-11-24(3)15-16/h4-9,12-13,16H,10-11,14-15H2,1-3H3,(H,22,25)/t16-/m0/s1. The van der Waals surface area contributed by atoms with Crippen LogP contribution in [0, 0.1) is 5.92 Å². The van der Waals surface area contributed by atoms with E-state index in [1.165, 1.54) is 0 Å². The number of nitrogens with zero attached hydrogens (tertiary/aromatic N) is 2. The zero-order valence-electron chi connectivity index (χ0n) is 15.3. The summed E-state index contributed by atoms with van der Waals surface area (Å²) in [4.78, 5) is 16.9. The molecule has 1 saturated heterocycles. The van der Waals surface area contributed by atoms with Gasteiger partial charge in [0.2, 0.25) is 0 Å². The summed E-state index contributed by atoms with van der Waals surface area (Å²) in [7, 11) is 6.19. The first-order valence-electron chi connectivity index (χ1n) is 8.87. The number of amides is 1. The Bertz CT molecular complexity index is 741. The van der Waals surface area contributed by atoms with E-state index in [0.717, 1.165) is 48.4 Å². The summed E-state index contributed by atoms with van der Waals surface area (Å²) in [6.07, 6.45) is 1.16. The number of hydrogen-bond donors (Lipinski definition) is 1. The van der Waals surface area contributed by atoms with Crippen molar-refractivity contribution in [2.24, 2.45) is 5.92 Å². The van der Waals surface area contributed by atoms with Gasteiger partial charge in [0.1, 0.15) is 0 Å². The highest BCUT2D eigenvalue weighted by molar-refractivity contribution is 5.95. The highest BCUT2D eigenvalue weighted by Gasteiger charge is 2.20. The molecule has 25 heavy (non-hydrogen) atoms. The molecule has 1 amide bonds. The molecule has 1 heterocycles. The zero-order valence-corrected chi connectivity index (χ0v) is 15.3. The highest BCUT2D eigenvalue weighted by atomic mass is 16.1. The lowest BCUT2D eigenvalue weighted by atomic mass is 10.0. The predicted molar refractivity (Wildman–Crippen MR) is 104 cm³/mol. The van der Waals surface area contributed by atoms with Crippen LogP contribution in [0.1, 0.15) is 16.8 Å². The van der Waals surface area contributed by atoms with Gasteiger partial charge in [0.05, 0.1) is 0 Å². The van der Waals surface area contributed by atoms with Gasteiger partial charge in [-0.3, -0.25) is 4.79 Å². The molecule has 0 aliphatic carbocycles. The van der Waals surface area contributed by atoms with Gasteiger partial charge >= 0.3 is 0 Å². The second-order valence-corrected chi connectivity index (χ2v) is 7.15. The van der Waals surface area contributed by atoms with Crippen LogP contribution in [-0.4, -0.2) is 51.6 Å². The second kappa shape index (κ2) is 7.70. The van der Waals surface area contributed by atoms with E-state index in [2.05, 4.69) is 46.4 Å². The van der Waals surface area contributed by atoms with E-state index in [1.54, 1.807) is 0 Å². The lowest BCUT2D eigenvalue weighted by Crippen LogP contribution is -2.30. The molecule has 1 aliphatic heterocycles. The third kappa shape index (κ3) is 4.40. The van der Waals surface area contributed by atoms with Crippen LogP contribution in [0.4, 0.5) is 5.69 Å². The van der Waals surface area contributed by atoms with Gasteiger partial charge in [-0.15, -0.1) is 0 Å². The Morgan fingerprint density at radius 3 is 2.56 bits per heavy atom. The van der Waals surface area contributed by atoms with Gasteiger partial charge in [-0.1, -0.05) is 24.3 Å². The lowest BCUT2D eigenvalue weighted by Gasteiger charge is -2.14. The van der Waals surface area contributed by atoms with Crippen LogP contribution in [0.25, 0.3) is 11.1 Å². The van der Waals surface area contributed by atoms with Crippen LogP contribution in [0.3, 0.4) is 0 Å². The number of hydrogen-bond acceptors (Lipinski definition) is 3. The average Bonchev–Trinajstić information content (AvgIpc) is 3.05. The van der Waals surface area contributed by atoms with Crippen molar-refractivity contribution < 1.29 is 4.79 Å². The highest BCUT2D eigenvalue weighted by Crippen LogP contribution is 2.24. The van der Waals surface area contributed by atoms with Crippen LogP contribution in [0.2, 0.25) is 0 Å². The van der Waals surface area contributed by atoms with Gasteiger partial charge < -0.3 is 15.1 Å². The first-order chi connectivity index (χ1) is 12.0. The molecule has 2 aromatic rings. The molecule has 1 atom stereocenters. The minimum absolute atomic E-state index is 0.0140. The maximum Gasteiger partial charge on any atom is 0.251 e. The fraction of sp³-hybridized carbons (Fsp3) is 0.381. The monoisotopic (exact) mass is 337 g/mol. The summed E-state index contributed by atoms with van der Waals surface area (Å²) in [5.41, 5.74) is 4.06. The van der Waals surface area contributed by atoms with E-state index < -0.39 is 0 Å². The Morgan fingerprint density at radius 2 is 1.88 bits per heavy atom. The van der Waals surface area contributed by atoms with Crippen LogP contribution in [0.5, 0.6) is 0 Å². The molecular weight excluding hydrogens is 310 g/mol. The van der Waals surface area contributed by atoms with E-state index in [1.807, 2.05) is 38.4 Å². The van der Waals surface area contributed by atoms with Crippen molar-refractivity contribution in [3.63, 3.8) is 0 Å². The van der Waals surface area contributed by atoms with Gasteiger partial charge in [0, 0.05) is 38.4 Å². The quantitative estimate of drug-likeness (QED) is 0.911. The van der Waals surface area contributed by atoms with Gasteiger partial charge in [0.25, 0.3) is 5.91 Å². The number of likely N-dealkylation sites (tertiary alicyclic amines) is 1. The second-order valence-electron chi connectivity index (χ2n) is 7.15. The Kier molecular flexibility index (Phi) is 5.39. The van der Waals surface area contributed by atoms with E-state index in [9.17, 15) is 4.79 Å². The minimum atomic E-state index is 0.0140. The van der Waals surface area contributed by atoms with Crippen molar-refractivity contribution in [1.29, 1.82) is 0 Å². The third-order valence-corrected chi connectivity index (χ3v) is 4.86. The summed E-state index contributed by atoms with van der Waals surface area (Å²) in [6, 6.07) is 16.2. The Labute approximate surface area is 150 Å². The van der Waals surface area contributed by atoms with Crippen molar-refractivity contribution >= 4 is 11.6 Å². The summed E-state index contributed by atoms with van der Waals surface area (Å²) < 4.78 is 0. The molecule has 0 radical (unpaired) electrons. The average molecular weight is 337 g/mol. The predicted octanol–water partition coefficient (Wildman–Crippen LogP) is 3.10. The van der Waals surface area contributed by atoms with Crippen molar-refractivity contribution in [3.05, 3.63) is 54.1 Å². The van der Waals surface area contributed by atoms with Crippen LogP contribution in [0.15, 0.2) is 48.5 Å². The summed E-state index contributed by atoms with van der Waals surface area (Å²) >= 11 is 0. The molecule has 0 unspecified atom stereocenters. The molecule has 2 aromatic carbocycles. The fourth-order valence-corrected chi connectivity index (χ4v) is 3.34. The topological polar surface area (TPSA) is 35.6 Å². The smallest absolute Gasteiger partial charge is 0.251 e. The summed E-state index contributed by atoms with van der Waals surface area (Å²) in [5.74, 6) is 0.578. The van der Waals surface area contributed by atoms with Gasteiger partial charge in [-0.05, 0) is 61.3 Å². The molecule has 0 aromatic heterocycles. The maximum atomic E-state index is 12.5. The van der Waals surface area contributed by atoms with E-state index in [0.29, 0.717) is 5.92 Å². The van der Waals surface area contributed by atoms with E-state index >= 15 is 0 Å². The van der Waals surface area contributed by atoms with Crippen LogP contribution >= 0.6 is 0 Å². The van der Waals surface area contributed by atoms with Crippen molar-refractivity contribution in [2.45, 2.75) is 6.42 Å². The minimum Gasteiger partial charge on any atom is -0.378 e. The molecule has 4 heteroatoms. The van der Waals surface area contributed by atoms with E-state index in [-0.39, 0.29) is 5.91 Å². The van der Waals surface area contributed by atoms with Gasteiger partial charge in [-0.2, -0.15) is 0 Å². The summed E-state index contributed by atoms with van der Waals surface area (Å²) in [5, 5.41) is 3.10. The fourth-order valence-electron chi connectivity index (χ4n) is 3.34. The number of anilines is 1. The number of carbonyl (C=O) groups excluding carboxylic acids is 1. The molecule has 1 aliphatic rings. The zero-order chi connectivity index (χ0) is 17.8. The normalized spacial score (nSPS) is 17.5. The van der Waals surface area contributed by atoms with Crippen molar-refractivity contribution in [1.82, 2.24) is 10.2 Å². The Hall–Kier alpha value is -2.33. The van der Waals surface area contributed by atoms with Crippen molar-refractivity contribution in [2.75, 3.05) is 45.7 Å². The molecule has 132 valence electrons. The van der Waals surface area contributed by atoms with Gasteiger partial charge in [0.15, 0.2) is 0 Å². The molecule has 0 spiro atoms. The van der Waals surface area contributed by atoms with Crippen molar-refractivity contribution in [3.8, 4) is 11.1 Å². The summed E-state index contributed by atoms with van der Waals surface area (Å²) in [6.45, 7) is 2.94. The molecular formula is C21H27N3O. The van der Waals surface area contributed by atoms with E-state index in [4.69, 9.17) is 0 Å². The third-order valence-electron chi connectivity index (χ3n) is 4.86. The van der Waals surface area contributed by atoms with Crippen LogP contribution < -0.4 is 10.2 Å². The molecule has 3 rings (SSSR count). The SMILES string of the molecule is CN1CC[C@@H](CNC(=O)c2cccc(-c3cccc(N(C)C)c3)c2)C1. The largest absolute Gasteiger partial charge is 0.378 e. The molecule has 0 bridgehead atoms. The molecule has 4 nitrogen and oxygen atoms in total. The molecule has 1 fully saturated rings. The number of nitrogens with one attached hydrogen (secondary N) is 1. The maximum absolute atomic E-state index is 12.5. The first-order valence-corrected chi connectivity index (χ1v) is 8.87. The first kappa shape index (κ1) is 17.5. The molecule has 0 saturated carbocycles. The Balaban J connectivity index is 1.70. The Morgan fingerprint density at radius 1 is 1.16 bits per heavy atom. The number of rotatable bonds is 5.